The number of aryl methyl sites for hydroxylation is 2. The minimum atomic E-state index is 0.164. The van der Waals surface area contributed by atoms with E-state index in [1.54, 1.807) is 0 Å². The monoisotopic (exact) mass is 350 g/mol. The van der Waals surface area contributed by atoms with Crippen molar-refractivity contribution in [3.8, 4) is 5.69 Å². The van der Waals surface area contributed by atoms with Crippen molar-refractivity contribution < 1.29 is 4.79 Å². The Kier molecular flexibility index (Phi) is 3.97. The maximum absolute atomic E-state index is 12.8. The quantitative estimate of drug-likeness (QED) is 0.647. The summed E-state index contributed by atoms with van der Waals surface area (Å²) in [6.07, 6.45) is 1.33. The second-order valence-corrected chi connectivity index (χ2v) is 7.17. The maximum Gasteiger partial charge on any atom is 0.167 e. The van der Waals surface area contributed by atoms with Crippen LogP contribution in [0, 0.1) is 13.8 Å². The molecule has 1 aliphatic carbocycles. The lowest BCUT2D eigenvalue weighted by Gasteiger charge is -2.23. The molecule has 0 saturated heterocycles. The van der Waals surface area contributed by atoms with Crippen LogP contribution in [0.4, 0.5) is 0 Å². The topological polar surface area (TPSA) is 34.9 Å². The van der Waals surface area contributed by atoms with E-state index >= 15 is 0 Å². The highest BCUT2D eigenvalue weighted by molar-refractivity contribution is 6.30. The van der Waals surface area contributed by atoms with Crippen molar-refractivity contribution in [2.24, 2.45) is 0 Å². The molecule has 0 saturated carbocycles. The molecule has 0 fully saturated rings. The predicted octanol–water partition coefficient (Wildman–Crippen LogP) is 5.06. The van der Waals surface area contributed by atoms with Crippen LogP contribution in [-0.4, -0.2) is 15.6 Å². The standard InChI is InChI=1S/C21H19ClN2O/c1-13-3-9-18(10-4-13)24-19-11-16(15-5-7-17(22)8-6-15)12-20(25)21(19)14(2)23-24/h3-10,16H,11-12H2,1-2H3/t16-/m1/s1. The molecular weight excluding hydrogens is 332 g/mol. The van der Waals surface area contributed by atoms with Crippen molar-refractivity contribution in [2.75, 3.05) is 0 Å². The van der Waals surface area contributed by atoms with Gasteiger partial charge in [-0.2, -0.15) is 5.10 Å². The summed E-state index contributed by atoms with van der Waals surface area (Å²) in [6.45, 7) is 3.98. The fourth-order valence-corrected chi connectivity index (χ4v) is 3.75. The first-order chi connectivity index (χ1) is 12.0. The average Bonchev–Trinajstić information content (AvgIpc) is 2.93. The lowest BCUT2D eigenvalue weighted by Crippen LogP contribution is -2.20. The number of carbonyl (C=O) groups excluding carboxylic acids is 1. The van der Waals surface area contributed by atoms with E-state index in [1.807, 2.05) is 35.9 Å². The van der Waals surface area contributed by atoms with E-state index in [0.717, 1.165) is 34.6 Å². The number of carbonyl (C=O) groups is 1. The zero-order chi connectivity index (χ0) is 17.6. The second kappa shape index (κ2) is 6.16. The van der Waals surface area contributed by atoms with Gasteiger partial charge in [-0.05, 0) is 56.0 Å². The van der Waals surface area contributed by atoms with Gasteiger partial charge in [0.05, 0.1) is 22.6 Å². The highest BCUT2D eigenvalue weighted by atomic mass is 35.5. The molecule has 3 nitrogen and oxygen atoms in total. The summed E-state index contributed by atoms with van der Waals surface area (Å²) < 4.78 is 1.93. The van der Waals surface area contributed by atoms with Crippen LogP contribution in [0.3, 0.4) is 0 Å². The van der Waals surface area contributed by atoms with Crippen LogP contribution < -0.4 is 0 Å². The van der Waals surface area contributed by atoms with E-state index in [9.17, 15) is 4.79 Å². The minimum absolute atomic E-state index is 0.164. The number of benzene rings is 2. The summed E-state index contributed by atoms with van der Waals surface area (Å²) in [4.78, 5) is 12.8. The van der Waals surface area contributed by atoms with E-state index in [-0.39, 0.29) is 11.7 Å². The van der Waals surface area contributed by atoms with Crippen molar-refractivity contribution in [3.63, 3.8) is 0 Å². The number of fused-ring (bicyclic) bond motifs is 1. The number of Topliss-reactive ketones (excluding diaryl/α,β-unsaturated/α-hetero) is 1. The Labute approximate surface area is 152 Å². The summed E-state index contributed by atoms with van der Waals surface area (Å²) in [7, 11) is 0. The largest absolute Gasteiger partial charge is 0.294 e. The van der Waals surface area contributed by atoms with Crippen LogP contribution in [0.1, 0.15) is 45.2 Å². The van der Waals surface area contributed by atoms with Crippen molar-refractivity contribution in [3.05, 3.63) is 81.6 Å². The fourth-order valence-electron chi connectivity index (χ4n) is 3.63. The molecule has 4 rings (SSSR count). The Morgan fingerprint density at radius 1 is 1.00 bits per heavy atom. The minimum Gasteiger partial charge on any atom is -0.294 e. The number of hydrogen-bond donors (Lipinski definition) is 0. The van der Waals surface area contributed by atoms with Gasteiger partial charge in [0, 0.05) is 11.4 Å². The first-order valence-corrected chi connectivity index (χ1v) is 8.85. The number of hydrogen-bond acceptors (Lipinski definition) is 2. The lowest BCUT2D eigenvalue weighted by atomic mass is 9.81. The Hall–Kier alpha value is -2.39. The SMILES string of the molecule is Cc1ccc(-n2nc(C)c3c2C[C@@H](c2ccc(Cl)cc2)CC3=O)cc1. The van der Waals surface area contributed by atoms with Crippen LogP contribution in [0.5, 0.6) is 0 Å². The fraction of sp³-hybridized carbons (Fsp3) is 0.238. The molecule has 126 valence electrons. The summed E-state index contributed by atoms with van der Waals surface area (Å²) in [5.41, 5.74) is 5.98. The Morgan fingerprint density at radius 2 is 1.68 bits per heavy atom. The Bertz CT molecular complexity index is 939. The van der Waals surface area contributed by atoms with Crippen molar-refractivity contribution in [2.45, 2.75) is 32.6 Å². The molecule has 0 amide bonds. The molecule has 0 radical (unpaired) electrons. The van der Waals surface area contributed by atoms with Gasteiger partial charge in [-0.3, -0.25) is 4.79 Å². The summed E-state index contributed by atoms with van der Waals surface area (Å²) >= 11 is 6.00. The first kappa shape index (κ1) is 16.1. The smallest absolute Gasteiger partial charge is 0.167 e. The van der Waals surface area contributed by atoms with Gasteiger partial charge in [0.1, 0.15) is 0 Å². The van der Waals surface area contributed by atoms with Crippen LogP contribution in [-0.2, 0) is 6.42 Å². The molecule has 0 unspecified atom stereocenters. The first-order valence-electron chi connectivity index (χ1n) is 8.47. The molecule has 2 aromatic carbocycles. The third kappa shape index (κ3) is 2.89. The van der Waals surface area contributed by atoms with Crippen LogP contribution in [0.25, 0.3) is 5.69 Å². The van der Waals surface area contributed by atoms with Gasteiger partial charge in [0.2, 0.25) is 0 Å². The number of nitrogens with zero attached hydrogens (tertiary/aromatic N) is 2. The molecule has 0 bridgehead atoms. The van der Waals surface area contributed by atoms with Gasteiger partial charge < -0.3 is 0 Å². The molecule has 0 aliphatic heterocycles. The molecule has 25 heavy (non-hydrogen) atoms. The van der Waals surface area contributed by atoms with E-state index in [2.05, 4.69) is 36.3 Å². The zero-order valence-corrected chi connectivity index (χ0v) is 15.0. The highest BCUT2D eigenvalue weighted by Crippen LogP contribution is 2.35. The van der Waals surface area contributed by atoms with Crippen molar-refractivity contribution in [1.82, 2.24) is 9.78 Å². The van der Waals surface area contributed by atoms with Gasteiger partial charge >= 0.3 is 0 Å². The molecule has 0 N–H and O–H groups in total. The van der Waals surface area contributed by atoms with E-state index in [4.69, 9.17) is 11.6 Å². The van der Waals surface area contributed by atoms with E-state index in [0.29, 0.717) is 11.4 Å². The van der Waals surface area contributed by atoms with Gasteiger partial charge in [-0.15, -0.1) is 0 Å². The van der Waals surface area contributed by atoms with Gasteiger partial charge in [-0.1, -0.05) is 41.4 Å². The maximum atomic E-state index is 12.8. The lowest BCUT2D eigenvalue weighted by molar-refractivity contribution is 0.0963. The molecule has 3 aromatic rings. The van der Waals surface area contributed by atoms with Crippen molar-refractivity contribution in [1.29, 1.82) is 0 Å². The zero-order valence-electron chi connectivity index (χ0n) is 14.3. The average molecular weight is 351 g/mol. The molecule has 4 heteroatoms. The molecule has 0 spiro atoms. The Morgan fingerprint density at radius 3 is 2.36 bits per heavy atom. The third-order valence-electron chi connectivity index (χ3n) is 4.93. The Balaban J connectivity index is 1.78. The number of aromatic nitrogens is 2. The summed E-state index contributed by atoms with van der Waals surface area (Å²) in [6, 6.07) is 16.1. The van der Waals surface area contributed by atoms with Crippen molar-refractivity contribution >= 4 is 17.4 Å². The van der Waals surface area contributed by atoms with Gasteiger partial charge in [-0.25, -0.2) is 4.68 Å². The van der Waals surface area contributed by atoms with E-state index in [1.165, 1.54) is 5.56 Å². The number of ketones is 1. The molecule has 1 aliphatic rings. The van der Waals surface area contributed by atoms with Crippen LogP contribution in [0.2, 0.25) is 5.02 Å². The summed E-state index contributed by atoms with van der Waals surface area (Å²) in [5, 5.41) is 5.37. The number of rotatable bonds is 2. The van der Waals surface area contributed by atoms with E-state index < -0.39 is 0 Å². The van der Waals surface area contributed by atoms with Crippen LogP contribution in [0.15, 0.2) is 48.5 Å². The normalized spacial score (nSPS) is 16.8. The molecule has 1 aromatic heterocycles. The number of halogens is 1. The predicted molar refractivity (Wildman–Crippen MR) is 99.9 cm³/mol. The van der Waals surface area contributed by atoms with Crippen LogP contribution >= 0.6 is 11.6 Å². The molecule has 1 atom stereocenters. The summed E-state index contributed by atoms with van der Waals surface area (Å²) in [5.74, 6) is 0.342. The second-order valence-electron chi connectivity index (χ2n) is 6.73. The third-order valence-corrected chi connectivity index (χ3v) is 5.18. The highest BCUT2D eigenvalue weighted by Gasteiger charge is 2.32. The van der Waals surface area contributed by atoms with Gasteiger partial charge in [0.15, 0.2) is 5.78 Å². The molecule has 1 heterocycles. The molecular formula is C21H19ClN2O. The van der Waals surface area contributed by atoms with Gasteiger partial charge in [0.25, 0.3) is 0 Å².